The van der Waals surface area contributed by atoms with E-state index in [1.807, 2.05) is 0 Å². The molecular formula is C15H41NO5SSi4. The minimum Gasteiger partial charge on any atom is -0.550 e. The first kappa shape index (κ1) is 28.7. The zero-order valence-electron chi connectivity index (χ0n) is 18.5. The molecule has 0 aromatic carbocycles. The van der Waals surface area contributed by atoms with Gasteiger partial charge in [-0.3, -0.25) is 0 Å². The Bertz CT molecular complexity index is 381. The van der Waals surface area contributed by atoms with E-state index in [0.29, 0.717) is 6.42 Å². The Morgan fingerprint density at radius 2 is 1.19 bits per heavy atom. The summed E-state index contributed by atoms with van der Waals surface area (Å²) in [4.78, 5) is 10.5. The van der Waals surface area contributed by atoms with Crippen molar-refractivity contribution in [2.75, 3.05) is 11.5 Å². The SMILES string of the molecule is C[Si](C)(C)O[Si](CCSCCCC(=O)[O-])(O[Si](C)(C)C)O[Si](C)(C)C.[NH4+]. The van der Waals surface area contributed by atoms with E-state index in [-0.39, 0.29) is 12.6 Å². The number of rotatable bonds is 13. The lowest BCUT2D eigenvalue weighted by molar-refractivity contribution is -0.305. The number of aliphatic carboxylic acids is 1. The molecule has 0 amide bonds. The zero-order valence-corrected chi connectivity index (χ0v) is 23.3. The number of carbonyl (C=O) groups is 1. The van der Waals surface area contributed by atoms with Crippen LogP contribution in [-0.4, -0.2) is 51.2 Å². The Balaban J connectivity index is 0. The molecule has 0 aliphatic heterocycles. The second kappa shape index (κ2) is 11.5. The van der Waals surface area contributed by atoms with E-state index >= 15 is 0 Å². The molecule has 0 bridgehead atoms. The Kier molecular flexibility index (Phi) is 12.7. The average molecular weight is 460 g/mol. The summed E-state index contributed by atoms with van der Waals surface area (Å²) < 4.78 is 19.8. The summed E-state index contributed by atoms with van der Waals surface area (Å²) >= 11 is 1.75. The van der Waals surface area contributed by atoms with Gasteiger partial charge in [0, 0.05) is 12.0 Å². The van der Waals surface area contributed by atoms with Crippen molar-refractivity contribution in [1.82, 2.24) is 6.15 Å². The molecule has 0 saturated heterocycles. The summed E-state index contributed by atoms with van der Waals surface area (Å²) in [7, 11) is -8.21. The highest BCUT2D eigenvalue weighted by Crippen LogP contribution is 2.30. The van der Waals surface area contributed by atoms with E-state index < -0.39 is 39.7 Å². The van der Waals surface area contributed by atoms with E-state index in [1.165, 1.54) is 0 Å². The first-order valence-electron chi connectivity index (χ1n) is 8.92. The van der Waals surface area contributed by atoms with Crippen molar-refractivity contribution in [2.45, 2.75) is 77.8 Å². The van der Waals surface area contributed by atoms with Gasteiger partial charge in [0.1, 0.15) is 0 Å². The minimum absolute atomic E-state index is 0. The van der Waals surface area contributed by atoms with Gasteiger partial charge in [-0.15, -0.1) is 0 Å². The smallest absolute Gasteiger partial charge is 0.470 e. The van der Waals surface area contributed by atoms with Crippen molar-refractivity contribution in [1.29, 1.82) is 0 Å². The molecule has 0 aromatic heterocycles. The Hall–Kier alpha value is 0.528. The van der Waals surface area contributed by atoms with Gasteiger partial charge in [-0.05, 0) is 83.3 Å². The van der Waals surface area contributed by atoms with Gasteiger partial charge in [0.15, 0.2) is 25.0 Å². The molecule has 0 aromatic rings. The highest BCUT2D eigenvalue weighted by Gasteiger charge is 2.49. The van der Waals surface area contributed by atoms with Gasteiger partial charge >= 0.3 is 8.80 Å². The fourth-order valence-electron chi connectivity index (χ4n) is 2.23. The van der Waals surface area contributed by atoms with Gasteiger partial charge in [-0.2, -0.15) is 11.8 Å². The zero-order chi connectivity index (χ0) is 19.9. The second-order valence-corrected chi connectivity index (χ2v) is 27.4. The van der Waals surface area contributed by atoms with Gasteiger partial charge < -0.3 is 28.4 Å². The van der Waals surface area contributed by atoms with Crippen LogP contribution in [0.15, 0.2) is 0 Å². The maximum Gasteiger partial charge on any atom is 0.470 e. The quantitative estimate of drug-likeness (QED) is 0.328. The molecule has 158 valence electrons. The first-order valence-corrected chi connectivity index (χ1v) is 22.2. The lowest BCUT2D eigenvalue weighted by atomic mass is 10.3. The predicted molar refractivity (Wildman–Crippen MR) is 121 cm³/mol. The molecule has 0 spiro atoms. The molecule has 0 radical (unpaired) electrons. The third kappa shape index (κ3) is 16.7. The summed E-state index contributed by atoms with van der Waals surface area (Å²) in [5.41, 5.74) is 0. The Morgan fingerprint density at radius 1 is 0.808 bits per heavy atom. The van der Waals surface area contributed by atoms with Crippen LogP contribution in [0, 0.1) is 0 Å². The number of hydrogen-bond donors (Lipinski definition) is 1. The summed E-state index contributed by atoms with van der Waals surface area (Å²) in [5.74, 6) is 0.708. The molecular weight excluding hydrogens is 419 g/mol. The Morgan fingerprint density at radius 3 is 1.50 bits per heavy atom. The molecule has 0 unspecified atom stereocenters. The first-order chi connectivity index (χ1) is 11.0. The third-order valence-corrected chi connectivity index (χ3v) is 16.0. The predicted octanol–water partition coefficient (Wildman–Crippen LogP) is 4.12. The van der Waals surface area contributed by atoms with Crippen molar-refractivity contribution < 1.29 is 22.2 Å². The number of quaternary nitrogens is 1. The van der Waals surface area contributed by atoms with E-state index in [0.717, 1.165) is 17.5 Å². The molecule has 0 atom stereocenters. The maximum atomic E-state index is 10.5. The Labute approximate surface area is 169 Å². The van der Waals surface area contributed by atoms with Crippen LogP contribution in [0.25, 0.3) is 0 Å². The molecule has 0 aliphatic carbocycles. The van der Waals surface area contributed by atoms with Gasteiger partial charge in [0.05, 0.1) is 0 Å². The number of thioether (sulfide) groups is 1. The summed E-state index contributed by atoms with van der Waals surface area (Å²) in [6.07, 6.45) is 0.762. The van der Waals surface area contributed by atoms with E-state index in [9.17, 15) is 9.90 Å². The van der Waals surface area contributed by atoms with Crippen LogP contribution >= 0.6 is 11.8 Å². The molecule has 0 rings (SSSR count). The molecule has 0 aliphatic rings. The summed E-state index contributed by atoms with van der Waals surface area (Å²) in [5, 5.41) is 10.5. The van der Waals surface area contributed by atoms with Crippen LogP contribution in [0.2, 0.25) is 65.0 Å². The van der Waals surface area contributed by atoms with E-state index in [4.69, 9.17) is 12.3 Å². The van der Waals surface area contributed by atoms with Crippen LogP contribution in [0.1, 0.15) is 12.8 Å². The second-order valence-electron chi connectivity index (χ2n) is 9.16. The fourth-order valence-corrected chi connectivity index (χ4v) is 18.4. The van der Waals surface area contributed by atoms with Crippen molar-refractivity contribution in [3.05, 3.63) is 0 Å². The number of hydrogen-bond acceptors (Lipinski definition) is 6. The van der Waals surface area contributed by atoms with E-state index in [2.05, 4.69) is 58.9 Å². The average Bonchev–Trinajstić information content (AvgIpc) is 2.25. The highest BCUT2D eigenvalue weighted by atomic mass is 32.2. The van der Waals surface area contributed by atoms with Crippen molar-refractivity contribution in [2.24, 2.45) is 0 Å². The third-order valence-electron chi connectivity index (χ3n) is 2.61. The molecule has 0 fully saturated rings. The summed E-state index contributed by atoms with van der Waals surface area (Å²) in [6.45, 7) is 19.7. The minimum atomic E-state index is -2.75. The van der Waals surface area contributed by atoms with Crippen molar-refractivity contribution in [3.63, 3.8) is 0 Å². The van der Waals surface area contributed by atoms with E-state index in [1.54, 1.807) is 11.8 Å². The lowest BCUT2D eigenvalue weighted by Gasteiger charge is -2.42. The maximum absolute atomic E-state index is 10.5. The summed E-state index contributed by atoms with van der Waals surface area (Å²) in [6, 6.07) is 0.793. The molecule has 26 heavy (non-hydrogen) atoms. The molecule has 6 nitrogen and oxygen atoms in total. The van der Waals surface area contributed by atoms with Crippen LogP contribution in [0.4, 0.5) is 0 Å². The number of carbonyl (C=O) groups excluding carboxylic acids is 1. The van der Waals surface area contributed by atoms with Gasteiger partial charge in [-0.1, -0.05) is 0 Å². The monoisotopic (exact) mass is 459 g/mol. The molecule has 0 saturated carbocycles. The lowest BCUT2D eigenvalue weighted by Crippen LogP contribution is -2.60. The van der Waals surface area contributed by atoms with Crippen LogP contribution in [0.5, 0.6) is 0 Å². The number of carboxylic acids is 1. The van der Waals surface area contributed by atoms with Crippen LogP contribution < -0.4 is 11.3 Å². The topological polar surface area (TPSA) is 104 Å². The van der Waals surface area contributed by atoms with Crippen molar-refractivity contribution in [3.8, 4) is 0 Å². The van der Waals surface area contributed by atoms with Crippen molar-refractivity contribution >= 4 is 51.5 Å². The molecule has 11 heteroatoms. The largest absolute Gasteiger partial charge is 0.550 e. The standard InChI is InChI=1S/C15H38O5SSi4.H3N/c1-22(2,3)18-25(19-23(4,5)6,20-24(7,8)9)14-13-21-12-10-11-15(16)17;/h10-14H2,1-9H3,(H,16,17);1H3. The molecule has 0 heterocycles. The number of carboxylic acid groups (broad SMARTS) is 1. The van der Waals surface area contributed by atoms with Gasteiger partial charge in [0.2, 0.25) is 0 Å². The van der Waals surface area contributed by atoms with Gasteiger partial charge in [0.25, 0.3) is 0 Å². The van der Waals surface area contributed by atoms with Crippen LogP contribution in [-0.2, 0) is 17.1 Å². The molecule has 4 N–H and O–H groups in total. The fraction of sp³-hybridized carbons (Fsp3) is 0.933. The van der Waals surface area contributed by atoms with Gasteiger partial charge in [-0.25, -0.2) is 0 Å². The normalized spacial score (nSPS) is 13.4. The van der Waals surface area contributed by atoms with Crippen LogP contribution in [0.3, 0.4) is 0 Å². The highest BCUT2D eigenvalue weighted by molar-refractivity contribution is 7.99.